The molecule has 0 aromatic carbocycles. The topological polar surface area (TPSA) is 85.6 Å². The number of aliphatic imine (C=N–C) groups is 1. The highest BCUT2D eigenvalue weighted by Gasteiger charge is 2.33. The largest absolute Gasteiger partial charge is 0.382 e. The zero-order valence-corrected chi connectivity index (χ0v) is 18.8. The summed E-state index contributed by atoms with van der Waals surface area (Å²) in [6.45, 7) is 11.4. The molecule has 1 fully saturated rings. The highest BCUT2D eigenvalue weighted by Crippen LogP contribution is 2.40. The molecule has 0 unspecified atom stereocenters. The lowest BCUT2D eigenvalue weighted by atomic mass is 9.83. The fourth-order valence-corrected chi connectivity index (χ4v) is 3.78. The minimum absolute atomic E-state index is 0.310. The van der Waals surface area contributed by atoms with Crippen LogP contribution in [0.3, 0.4) is 0 Å². The Balaban J connectivity index is 1.95. The predicted molar refractivity (Wildman–Crippen MR) is 116 cm³/mol. The van der Waals surface area contributed by atoms with Gasteiger partial charge < -0.3 is 24.7 Å². The predicted octanol–water partition coefficient (Wildman–Crippen LogP) is 2.57. The number of nitrogens with one attached hydrogen (secondary N) is 2. The van der Waals surface area contributed by atoms with Crippen molar-refractivity contribution in [2.24, 2.45) is 17.5 Å². The first-order chi connectivity index (χ1) is 14.1. The van der Waals surface area contributed by atoms with Crippen molar-refractivity contribution in [1.82, 2.24) is 25.4 Å². The smallest absolute Gasteiger partial charge is 0.191 e. The molecule has 2 rings (SSSR count). The van der Waals surface area contributed by atoms with Gasteiger partial charge >= 0.3 is 0 Å². The van der Waals surface area contributed by atoms with E-state index < -0.39 is 0 Å². The second-order valence-corrected chi connectivity index (χ2v) is 7.87. The van der Waals surface area contributed by atoms with Gasteiger partial charge in [-0.25, -0.2) is 4.99 Å². The number of guanidine groups is 1. The molecule has 1 aromatic rings. The van der Waals surface area contributed by atoms with Crippen molar-refractivity contribution in [3.8, 4) is 0 Å². The third kappa shape index (κ3) is 7.93. The van der Waals surface area contributed by atoms with Crippen LogP contribution in [-0.4, -0.2) is 60.2 Å². The molecule has 166 valence electrons. The third-order valence-electron chi connectivity index (χ3n) is 5.80. The summed E-state index contributed by atoms with van der Waals surface area (Å²) in [6.07, 6.45) is 7.18. The normalized spacial score (nSPS) is 16.3. The van der Waals surface area contributed by atoms with Crippen LogP contribution >= 0.6 is 0 Å². The molecule has 0 atom stereocenters. The van der Waals surface area contributed by atoms with Crippen molar-refractivity contribution in [2.45, 2.75) is 65.8 Å². The molecule has 0 amide bonds. The van der Waals surface area contributed by atoms with E-state index in [1.165, 1.54) is 25.7 Å². The van der Waals surface area contributed by atoms with Crippen LogP contribution < -0.4 is 10.6 Å². The molecule has 1 aromatic heterocycles. The second kappa shape index (κ2) is 12.8. The highest BCUT2D eigenvalue weighted by molar-refractivity contribution is 5.79. The molecule has 0 aliphatic heterocycles. The van der Waals surface area contributed by atoms with E-state index in [-0.39, 0.29) is 0 Å². The Labute approximate surface area is 175 Å². The van der Waals surface area contributed by atoms with Crippen LogP contribution in [0.2, 0.25) is 0 Å². The molecule has 29 heavy (non-hydrogen) atoms. The zero-order valence-electron chi connectivity index (χ0n) is 18.8. The molecule has 0 bridgehead atoms. The van der Waals surface area contributed by atoms with Crippen LogP contribution in [0.15, 0.2) is 4.99 Å². The first kappa shape index (κ1) is 23.6. The number of hydrogen-bond acceptors (Lipinski definition) is 5. The maximum atomic E-state index is 5.65. The summed E-state index contributed by atoms with van der Waals surface area (Å²) in [5, 5.41) is 15.4. The summed E-state index contributed by atoms with van der Waals surface area (Å²) in [6, 6.07) is 0. The van der Waals surface area contributed by atoms with Gasteiger partial charge in [-0.05, 0) is 51.9 Å². The highest BCUT2D eigenvalue weighted by atomic mass is 16.5. The van der Waals surface area contributed by atoms with Crippen LogP contribution in [-0.2, 0) is 23.1 Å². The molecule has 1 aliphatic rings. The van der Waals surface area contributed by atoms with Gasteiger partial charge in [0.1, 0.15) is 12.4 Å². The van der Waals surface area contributed by atoms with Crippen LogP contribution in [0, 0.1) is 12.3 Å². The Hall–Kier alpha value is -1.67. The van der Waals surface area contributed by atoms with Crippen LogP contribution in [0.25, 0.3) is 0 Å². The Morgan fingerprint density at radius 3 is 2.48 bits per heavy atom. The number of rotatable bonds is 13. The van der Waals surface area contributed by atoms with Crippen molar-refractivity contribution in [1.29, 1.82) is 0 Å². The average Bonchev–Trinajstić information content (AvgIpc) is 3.31. The van der Waals surface area contributed by atoms with Crippen molar-refractivity contribution < 1.29 is 9.47 Å². The Kier molecular flexibility index (Phi) is 10.4. The fraction of sp³-hybridized carbons (Fsp3) is 0.857. The summed E-state index contributed by atoms with van der Waals surface area (Å²) in [4.78, 5) is 4.77. The van der Waals surface area contributed by atoms with Crippen molar-refractivity contribution in [3.63, 3.8) is 0 Å². The van der Waals surface area contributed by atoms with E-state index in [1.807, 2.05) is 25.5 Å². The molecular formula is C21H40N6O2. The lowest BCUT2D eigenvalue weighted by Crippen LogP contribution is -2.44. The van der Waals surface area contributed by atoms with Gasteiger partial charge in [-0.1, -0.05) is 12.8 Å². The molecule has 8 nitrogen and oxygen atoms in total. The minimum Gasteiger partial charge on any atom is -0.382 e. The molecule has 1 saturated carbocycles. The fourth-order valence-electron chi connectivity index (χ4n) is 3.78. The molecule has 1 aliphatic carbocycles. The third-order valence-corrected chi connectivity index (χ3v) is 5.80. The van der Waals surface area contributed by atoms with Gasteiger partial charge in [0.2, 0.25) is 0 Å². The maximum Gasteiger partial charge on any atom is 0.191 e. The summed E-state index contributed by atoms with van der Waals surface area (Å²) in [5.41, 5.74) is 0.310. The summed E-state index contributed by atoms with van der Waals surface area (Å²) in [5.74, 6) is 2.60. The van der Waals surface area contributed by atoms with Crippen LogP contribution in [0.5, 0.6) is 0 Å². The summed E-state index contributed by atoms with van der Waals surface area (Å²) < 4.78 is 13.1. The molecule has 0 radical (unpaired) electrons. The Morgan fingerprint density at radius 1 is 1.10 bits per heavy atom. The van der Waals surface area contributed by atoms with Gasteiger partial charge in [0.15, 0.2) is 11.8 Å². The summed E-state index contributed by atoms with van der Waals surface area (Å²) >= 11 is 0. The molecular weight excluding hydrogens is 368 g/mol. The average molecular weight is 409 g/mol. The number of hydrogen-bond donors (Lipinski definition) is 2. The number of aromatic nitrogens is 3. The molecule has 0 saturated heterocycles. The lowest BCUT2D eigenvalue weighted by molar-refractivity contribution is 0.105. The zero-order chi connectivity index (χ0) is 21.0. The van der Waals surface area contributed by atoms with E-state index in [0.29, 0.717) is 12.0 Å². The Morgan fingerprint density at radius 2 is 1.83 bits per heavy atom. The van der Waals surface area contributed by atoms with Gasteiger partial charge in [-0.3, -0.25) is 0 Å². The number of nitrogens with zero attached hydrogens (tertiary/aromatic N) is 4. The van der Waals surface area contributed by atoms with Crippen molar-refractivity contribution >= 4 is 5.96 Å². The van der Waals surface area contributed by atoms with E-state index in [1.54, 1.807) is 0 Å². The van der Waals surface area contributed by atoms with Gasteiger partial charge in [0.25, 0.3) is 0 Å². The van der Waals surface area contributed by atoms with Gasteiger partial charge in [-0.2, -0.15) is 0 Å². The first-order valence-corrected chi connectivity index (χ1v) is 11.1. The van der Waals surface area contributed by atoms with Gasteiger partial charge in [0.05, 0.1) is 0 Å². The van der Waals surface area contributed by atoms with Crippen LogP contribution in [0.1, 0.15) is 64.0 Å². The van der Waals surface area contributed by atoms with Gasteiger partial charge in [-0.15, -0.1) is 10.2 Å². The van der Waals surface area contributed by atoms with Crippen molar-refractivity contribution in [3.05, 3.63) is 11.6 Å². The first-order valence-electron chi connectivity index (χ1n) is 11.1. The van der Waals surface area contributed by atoms with Crippen molar-refractivity contribution in [2.75, 3.05) is 39.5 Å². The molecule has 2 N–H and O–H groups in total. The SMILES string of the molecule is CCOCCCNC(=NCc1nnc(C)n1C)NCC1(CCOCC)CCCC1. The van der Waals surface area contributed by atoms with Crippen LogP contribution in [0.4, 0.5) is 0 Å². The lowest BCUT2D eigenvalue weighted by Gasteiger charge is -2.30. The van der Waals surface area contributed by atoms with E-state index >= 15 is 0 Å². The Bertz CT molecular complexity index is 610. The molecule has 0 spiro atoms. The molecule has 8 heteroatoms. The number of aryl methyl sites for hydroxylation is 1. The quantitative estimate of drug-likeness (QED) is 0.296. The standard InChI is InChI=1S/C21H40N6O2/c1-5-28-14-9-13-22-20(23-16-19-26-25-18(3)27(19)4)24-17-21(10-7-8-11-21)12-15-29-6-2/h5-17H2,1-4H3,(H2,22,23,24). The van der Waals surface area contributed by atoms with E-state index in [9.17, 15) is 0 Å². The number of ether oxygens (including phenoxy) is 2. The van der Waals surface area contributed by atoms with E-state index in [4.69, 9.17) is 14.5 Å². The van der Waals surface area contributed by atoms with E-state index in [2.05, 4.69) is 27.8 Å². The molecule has 1 heterocycles. The second-order valence-electron chi connectivity index (χ2n) is 7.87. The monoisotopic (exact) mass is 408 g/mol. The van der Waals surface area contributed by atoms with E-state index in [0.717, 1.165) is 70.0 Å². The minimum atomic E-state index is 0.310. The maximum absolute atomic E-state index is 5.65. The van der Waals surface area contributed by atoms with Gasteiger partial charge in [0, 0.05) is 46.6 Å². The summed E-state index contributed by atoms with van der Waals surface area (Å²) in [7, 11) is 1.98.